The highest BCUT2D eigenvalue weighted by atomic mass is 32.1. The van der Waals surface area contributed by atoms with Gasteiger partial charge in [0.15, 0.2) is 0 Å². The summed E-state index contributed by atoms with van der Waals surface area (Å²) < 4.78 is 1.31. The first-order chi connectivity index (χ1) is 12.4. The molecule has 4 rings (SSSR count). The second-order valence-electron chi connectivity index (χ2n) is 6.36. The average Bonchev–Trinajstić information content (AvgIpc) is 3.10. The second kappa shape index (κ2) is 7.80. The number of benzene rings is 1. The third-order valence-corrected chi connectivity index (χ3v) is 5.79. The molecule has 0 amide bonds. The topological polar surface area (TPSA) is 90.7 Å². The molecule has 1 saturated heterocycles. The van der Waals surface area contributed by atoms with E-state index >= 15 is 0 Å². The lowest BCUT2D eigenvalue weighted by Crippen LogP contribution is -2.34. The van der Waals surface area contributed by atoms with Crippen molar-refractivity contribution in [3.8, 4) is 0 Å². The van der Waals surface area contributed by atoms with Crippen LogP contribution in [0, 0.1) is 0 Å². The molecule has 1 aromatic carbocycles. The molecule has 7 heteroatoms. The molecular weight excluding hydrogens is 352 g/mol. The van der Waals surface area contributed by atoms with E-state index in [1.807, 2.05) is 11.3 Å². The molecule has 2 unspecified atom stereocenters. The number of fused-ring (bicyclic) bond motifs is 3. The van der Waals surface area contributed by atoms with Crippen molar-refractivity contribution in [1.82, 2.24) is 9.88 Å². The number of rotatable bonds is 3. The normalized spacial score (nSPS) is 22.1. The fourth-order valence-corrected chi connectivity index (χ4v) is 4.35. The predicted octanol–water partition coefficient (Wildman–Crippen LogP) is 3.26. The standard InChI is InChI=1S/C15H16N2S.C4H4O4/c1-17-11-6-7-12(17)9-10(8-11)15-16-13-4-2-3-5-14(13)18-15;5-3(6)1-2-4(7)8/h2-5,8,11-12H,6-7,9H2,1H3;1-2H,(H,5,6)(H,7,8)/b;2-1+. The molecule has 6 nitrogen and oxygen atoms in total. The van der Waals surface area contributed by atoms with Crippen LogP contribution in [0.2, 0.25) is 0 Å². The molecule has 0 spiro atoms. The van der Waals surface area contributed by atoms with Crippen molar-refractivity contribution in [2.45, 2.75) is 31.3 Å². The highest BCUT2D eigenvalue weighted by molar-refractivity contribution is 7.19. The molecule has 0 aliphatic carbocycles. The lowest BCUT2D eigenvalue weighted by atomic mass is 10.0. The van der Waals surface area contributed by atoms with Crippen LogP contribution >= 0.6 is 11.3 Å². The van der Waals surface area contributed by atoms with Crippen LogP contribution in [0.25, 0.3) is 15.8 Å². The van der Waals surface area contributed by atoms with Gasteiger partial charge in [0.25, 0.3) is 0 Å². The Hall–Kier alpha value is -2.51. The number of hydrogen-bond acceptors (Lipinski definition) is 5. The minimum Gasteiger partial charge on any atom is -0.478 e. The van der Waals surface area contributed by atoms with Crippen molar-refractivity contribution in [3.63, 3.8) is 0 Å². The summed E-state index contributed by atoms with van der Waals surface area (Å²) in [5, 5.41) is 16.9. The summed E-state index contributed by atoms with van der Waals surface area (Å²) in [6.45, 7) is 0. The smallest absolute Gasteiger partial charge is 0.328 e. The predicted molar refractivity (Wildman–Crippen MR) is 101 cm³/mol. The summed E-state index contributed by atoms with van der Waals surface area (Å²) in [6, 6.07) is 9.82. The zero-order valence-electron chi connectivity index (χ0n) is 14.3. The molecule has 136 valence electrons. The van der Waals surface area contributed by atoms with E-state index in [1.54, 1.807) is 0 Å². The second-order valence-corrected chi connectivity index (χ2v) is 7.39. The van der Waals surface area contributed by atoms with Gasteiger partial charge >= 0.3 is 11.9 Å². The summed E-state index contributed by atoms with van der Waals surface area (Å²) >= 11 is 1.84. The summed E-state index contributed by atoms with van der Waals surface area (Å²) in [5.74, 6) is -2.51. The molecule has 2 atom stereocenters. The molecule has 3 heterocycles. The summed E-state index contributed by atoms with van der Waals surface area (Å²) in [7, 11) is 2.26. The monoisotopic (exact) mass is 372 g/mol. The van der Waals surface area contributed by atoms with Crippen LogP contribution in [-0.2, 0) is 9.59 Å². The van der Waals surface area contributed by atoms with E-state index in [9.17, 15) is 9.59 Å². The Morgan fingerprint density at radius 1 is 1.19 bits per heavy atom. The number of aromatic nitrogens is 1. The van der Waals surface area contributed by atoms with Gasteiger partial charge in [-0.25, -0.2) is 14.6 Å². The first-order valence-electron chi connectivity index (χ1n) is 8.36. The van der Waals surface area contributed by atoms with Crippen molar-refractivity contribution >= 4 is 39.1 Å². The maximum absolute atomic E-state index is 9.55. The van der Waals surface area contributed by atoms with Crippen molar-refractivity contribution in [2.75, 3.05) is 7.05 Å². The van der Waals surface area contributed by atoms with Crippen LogP contribution in [0.5, 0.6) is 0 Å². The SMILES string of the molecule is CN1C2C=C(c3nc4ccccc4s3)CC1CC2.O=C(O)/C=C/C(=O)O. The van der Waals surface area contributed by atoms with Gasteiger partial charge in [-0.2, -0.15) is 0 Å². The van der Waals surface area contributed by atoms with Crippen molar-refractivity contribution in [1.29, 1.82) is 0 Å². The molecule has 1 fully saturated rings. The number of carbonyl (C=O) groups is 2. The molecule has 1 aromatic heterocycles. The Morgan fingerprint density at radius 3 is 2.50 bits per heavy atom. The Kier molecular flexibility index (Phi) is 5.49. The van der Waals surface area contributed by atoms with Crippen LogP contribution in [0.4, 0.5) is 0 Å². The summed E-state index contributed by atoms with van der Waals surface area (Å²) in [5.41, 5.74) is 2.62. The van der Waals surface area contributed by atoms with E-state index < -0.39 is 11.9 Å². The van der Waals surface area contributed by atoms with Crippen molar-refractivity contribution < 1.29 is 19.8 Å². The minimum absolute atomic E-state index is 0.558. The molecule has 26 heavy (non-hydrogen) atoms. The van der Waals surface area contributed by atoms with E-state index in [4.69, 9.17) is 15.2 Å². The fourth-order valence-electron chi connectivity index (χ4n) is 3.35. The summed E-state index contributed by atoms with van der Waals surface area (Å²) in [4.78, 5) is 26.4. The third kappa shape index (κ3) is 4.17. The van der Waals surface area contributed by atoms with Gasteiger partial charge in [-0.1, -0.05) is 18.2 Å². The van der Waals surface area contributed by atoms with E-state index in [1.165, 1.54) is 34.5 Å². The number of thiazole rings is 1. The fraction of sp³-hybridized carbons (Fsp3) is 0.316. The van der Waals surface area contributed by atoms with Gasteiger partial charge in [0, 0.05) is 24.2 Å². The number of aliphatic carboxylic acids is 2. The maximum atomic E-state index is 9.55. The van der Waals surface area contributed by atoms with Crippen LogP contribution < -0.4 is 0 Å². The lowest BCUT2D eigenvalue weighted by molar-refractivity contribution is -0.134. The number of likely N-dealkylation sites (N-methyl/N-ethyl adjacent to an activating group) is 1. The molecule has 2 aliphatic heterocycles. The van der Waals surface area contributed by atoms with Crippen molar-refractivity contribution in [2.24, 2.45) is 0 Å². The van der Waals surface area contributed by atoms with Crippen LogP contribution in [0.3, 0.4) is 0 Å². The molecule has 2 bridgehead atoms. The van der Waals surface area contributed by atoms with Gasteiger partial charge < -0.3 is 10.2 Å². The number of para-hydroxylation sites is 1. The van der Waals surface area contributed by atoms with E-state index in [2.05, 4.69) is 42.3 Å². The Balaban J connectivity index is 0.000000211. The van der Waals surface area contributed by atoms with Gasteiger partial charge in [-0.05, 0) is 44.0 Å². The molecule has 2 aliphatic rings. The molecule has 2 N–H and O–H groups in total. The van der Waals surface area contributed by atoms with E-state index in [0.717, 1.165) is 11.6 Å². The third-order valence-electron chi connectivity index (χ3n) is 4.68. The van der Waals surface area contributed by atoms with Crippen molar-refractivity contribution in [3.05, 3.63) is 47.5 Å². The lowest BCUT2D eigenvalue weighted by Gasteiger charge is -2.29. The van der Waals surface area contributed by atoms with Crippen LogP contribution in [0.1, 0.15) is 24.3 Å². The van der Waals surface area contributed by atoms with Gasteiger partial charge in [0.2, 0.25) is 0 Å². The number of hydrogen-bond donors (Lipinski definition) is 2. The number of carboxylic acid groups (broad SMARTS) is 2. The van der Waals surface area contributed by atoms with E-state index in [0.29, 0.717) is 18.2 Å². The maximum Gasteiger partial charge on any atom is 0.328 e. The van der Waals surface area contributed by atoms with Crippen LogP contribution in [0.15, 0.2) is 42.5 Å². The zero-order valence-corrected chi connectivity index (χ0v) is 15.1. The Labute approximate surface area is 155 Å². The van der Waals surface area contributed by atoms with Gasteiger partial charge in [-0.3, -0.25) is 4.90 Å². The molecule has 0 radical (unpaired) electrons. The zero-order chi connectivity index (χ0) is 18.7. The number of nitrogens with zero attached hydrogens (tertiary/aromatic N) is 2. The van der Waals surface area contributed by atoms with Gasteiger partial charge in [0.1, 0.15) is 5.01 Å². The minimum atomic E-state index is -1.26. The first kappa shape index (κ1) is 18.3. The molecule has 0 saturated carbocycles. The quantitative estimate of drug-likeness (QED) is 0.804. The Morgan fingerprint density at radius 2 is 1.88 bits per heavy atom. The van der Waals surface area contributed by atoms with Crippen LogP contribution in [-0.4, -0.2) is 51.2 Å². The van der Waals surface area contributed by atoms with E-state index in [-0.39, 0.29) is 0 Å². The highest BCUT2D eigenvalue weighted by Gasteiger charge is 2.34. The summed E-state index contributed by atoms with van der Waals surface area (Å²) in [6.07, 6.45) is 7.39. The van der Waals surface area contributed by atoms with Gasteiger partial charge in [0.05, 0.1) is 10.2 Å². The Bertz CT molecular complexity index is 838. The number of carboxylic acids is 2. The molecular formula is C19H20N2O4S. The molecule has 2 aromatic rings. The largest absolute Gasteiger partial charge is 0.478 e. The van der Waals surface area contributed by atoms with Gasteiger partial charge in [-0.15, -0.1) is 11.3 Å². The highest BCUT2D eigenvalue weighted by Crippen LogP contribution is 2.39. The average molecular weight is 372 g/mol. The first-order valence-corrected chi connectivity index (χ1v) is 9.18.